The zero-order valence-corrected chi connectivity index (χ0v) is 19.5. The predicted molar refractivity (Wildman–Crippen MR) is 135 cm³/mol. The molecule has 1 aliphatic heterocycles. The number of carbonyl (C=O) groups excluding carboxylic acids is 1. The first-order valence-electron chi connectivity index (χ1n) is 11.5. The van der Waals surface area contributed by atoms with Crippen molar-refractivity contribution in [3.05, 3.63) is 90.9 Å². The Morgan fingerprint density at radius 1 is 0.914 bits per heavy atom. The smallest absolute Gasteiger partial charge is 0.246 e. The van der Waals surface area contributed by atoms with Gasteiger partial charge in [-0.3, -0.25) is 4.79 Å². The number of piperazine rings is 1. The van der Waals surface area contributed by atoms with Crippen LogP contribution in [0.25, 0.3) is 23.0 Å². The Labute approximate surface area is 204 Å². The molecular weight excluding hydrogens is 440 g/mol. The fraction of sp³-hybridized carbons (Fsp3) is 0.185. The van der Waals surface area contributed by atoms with Crippen LogP contribution in [0.2, 0.25) is 0 Å². The van der Waals surface area contributed by atoms with Crippen LogP contribution in [-0.2, 0) is 4.79 Å². The van der Waals surface area contributed by atoms with Gasteiger partial charge in [-0.2, -0.15) is 5.10 Å². The zero-order chi connectivity index (χ0) is 24.0. The second kappa shape index (κ2) is 10.2. The van der Waals surface area contributed by atoms with Gasteiger partial charge >= 0.3 is 0 Å². The van der Waals surface area contributed by atoms with Gasteiger partial charge in [-0.25, -0.2) is 14.6 Å². The molecule has 3 heterocycles. The normalized spacial score (nSPS) is 13.9. The van der Waals surface area contributed by atoms with E-state index in [9.17, 15) is 4.79 Å². The number of carbonyl (C=O) groups is 1. The van der Waals surface area contributed by atoms with Gasteiger partial charge in [0.15, 0.2) is 0 Å². The summed E-state index contributed by atoms with van der Waals surface area (Å²) >= 11 is 0. The van der Waals surface area contributed by atoms with Gasteiger partial charge in [0.05, 0.1) is 18.5 Å². The number of para-hydroxylation sites is 1. The molecule has 0 spiro atoms. The largest absolute Gasteiger partial charge is 0.497 e. The molecule has 1 saturated heterocycles. The van der Waals surface area contributed by atoms with Crippen LogP contribution in [-0.4, -0.2) is 63.8 Å². The number of anilines is 1. The Morgan fingerprint density at radius 2 is 1.63 bits per heavy atom. The lowest BCUT2D eigenvalue weighted by Gasteiger charge is -2.34. The maximum atomic E-state index is 13.0. The first-order chi connectivity index (χ1) is 17.2. The number of amides is 1. The molecule has 176 valence electrons. The van der Waals surface area contributed by atoms with E-state index in [1.54, 1.807) is 31.6 Å². The Balaban J connectivity index is 1.35. The maximum absolute atomic E-state index is 13.0. The number of ether oxygens (including phenoxy) is 1. The summed E-state index contributed by atoms with van der Waals surface area (Å²) in [5, 5.41) is 4.82. The fourth-order valence-electron chi connectivity index (χ4n) is 4.04. The zero-order valence-electron chi connectivity index (χ0n) is 19.5. The van der Waals surface area contributed by atoms with E-state index in [1.807, 2.05) is 76.5 Å². The van der Waals surface area contributed by atoms with Gasteiger partial charge in [0.2, 0.25) is 11.9 Å². The molecule has 0 radical (unpaired) electrons. The van der Waals surface area contributed by atoms with Crippen LogP contribution in [0.1, 0.15) is 5.56 Å². The quantitative estimate of drug-likeness (QED) is 0.404. The third-order valence-corrected chi connectivity index (χ3v) is 5.96. The van der Waals surface area contributed by atoms with Gasteiger partial charge < -0.3 is 14.5 Å². The molecule has 0 saturated carbocycles. The highest BCUT2D eigenvalue weighted by atomic mass is 16.5. The van der Waals surface area contributed by atoms with Crippen molar-refractivity contribution in [3.63, 3.8) is 0 Å². The van der Waals surface area contributed by atoms with Crippen LogP contribution in [0.3, 0.4) is 0 Å². The molecule has 35 heavy (non-hydrogen) atoms. The molecule has 1 amide bonds. The van der Waals surface area contributed by atoms with Crippen LogP contribution >= 0.6 is 0 Å². The molecule has 2 aromatic carbocycles. The lowest BCUT2D eigenvalue weighted by atomic mass is 10.1. The predicted octanol–water partition coefficient (Wildman–Crippen LogP) is 3.70. The van der Waals surface area contributed by atoms with Crippen molar-refractivity contribution >= 4 is 17.9 Å². The van der Waals surface area contributed by atoms with E-state index >= 15 is 0 Å². The van der Waals surface area contributed by atoms with E-state index in [4.69, 9.17) is 9.84 Å². The maximum Gasteiger partial charge on any atom is 0.246 e. The van der Waals surface area contributed by atoms with Crippen molar-refractivity contribution < 1.29 is 9.53 Å². The molecule has 8 nitrogen and oxygen atoms in total. The summed E-state index contributed by atoms with van der Waals surface area (Å²) in [5.74, 6) is 1.46. The van der Waals surface area contributed by atoms with Crippen LogP contribution in [0, 0.1) is 0 Å². The standard InChI is InChI=1S/C27H26N6O2/c1-35-24-11-8-21(9-12-24)26-22(20-33(30-26)23-6-3-2-4-7-23)10-13-25(34)31-16-18-32(19-17-31)27-28-14-5-15-29-27/h2-15,20H,16-19H2,1H3. The van der Waals surface area contributed by atoms with E-state index in [1.165, 1.54) is 0 Å². The van der Waals surface area contributed by atoms with Crippen molar-refractivity contribution in [2.45, 2.75) is 0 Å². The number of rotatable bonds is 6. The van der Waals surface area contributed by atoms with Gasteiger partial charge in [-0.1, -0.05) is 18.2 Å². The monoisotopic (exact) mass is 466 g/mol. The summed E-state index contributed by atoms with van der Waals surface area (Å²) in [6, 6.07) is 19.5. The summed E-state index contributed by atoms with van der Waals surface area (Å²) in [6.07, 6.45) is 8.90. The lowest BCUT2D eigenvalue weighted by Crippen LogP contribution is -2.48. The number of nitrogens with zero attached hydrogens (tertiary/aromatic N) is 6. The van der Waals surface area contributed by atoms with Gasteiger partial charge in [0.25, 0.3) is 0 Å². The Morgan fingerprint density at radius 3 is 2.31 bits per heavy atom. The first-order valence-corrected chi connectivity index (χ1v) is 11.5. The second-order valence-corrected chi connectivity index (χ2v) is 8.14. The third kappa shape index (κ3) is 5.06. The number of hydrogen-bond acceptors (Lipinski definition) is 6. The number of methoxy groups -OCH3 is 1. The van der Waals surface area contributed by atoms with E-state index in [2.05, 4.69) is 14.9 Å². The lowest BCUT2D eigenvalue weighted by molar-refractivity contribution is -0.126. The number of hydrogen-bond donors (Lipinski definition) is 0. The van der Waals surface area contributed by atoms with Crippen LogP contribution < -0.4 is 9.64 Å². The van der Waals surface area contributed by atoms with Crippen molar-refractivity contribution in [3.8, 4) is 22.7 Å². The van der Waals surface area contributed by atoms with E-state index < -0.39 is 0 Å². The summed E-state index contributed by atoms with van der Waals surface area (Å²) in [7, 11) is 1.64. The number of aromatic nitrogens is 4. The van der Waals surface area contributed by atoms with Crippen LogP contribution in [0.15, 0.2) is 85.3 Å². The average molecular weight is 467 g/mol. The molecule has 0 atom stereocenters. The summed E-state index contributed by atoms with van der Waals surface area (Å²) in [4.78, 5) is 25.5. The van der Waals surface area contributed by atoms with E-state index in [-0.39, 0.29) is 5.91 Å². The molecule has 0 bridgehead atoms. The Bertz CT molecular complexity index is 1290. The van der Waals surface area contributed by atoms with Crippen molar-refractivity contribution in [1.82, 2.24) is 24.6 Å². The first kappa shape index (κ1) is 22.3. The molecule has 2 aromatic heterocycles. The van der Waals surface area contributed by atoms with Crippen molar-refractivity contribution in [2.75, 3.05) is 38.2 Å². The fourth-order valence-corrected chi connectivity index (χ4v) is 4.04. The second-order valence-electron chi connectivity index (χ2n) is 8.14. The van der Waals surface area contributed by atoms with E-state index in [0.717, 1.165) is 28.3 Å². The highest BCUT2D eigenvalue weighted by Gasteiger charge is 2.21. The van der Waals surface area contributed by atoms with Crippen molar-refractivity contribution in [2.24, 2.45) is 0 Å². The molecule has 0 aliphatic carbocycles. The topological polar surface area (TPSA) is 76.4 Å². The average Bonchev–Trinajstić information content (AvgIpc) is 3.37. The Hall–Kier alpha value is -4.46. The van der Waals surface area contributed by atoms with Crippen molar-refractivity contribution in [1.29, 1.82) is 0 Å². The van der Waals surface area contributed by atoms with Crippen LogP contribution in [0.4, 0.5) is 5.95 Å². The summed E-state index contributed by atoms with van der Waals surface area (Å²) in [6.45, 7) is 2.64. The molecular formula is C27H26N6O2. The molecule has 4 aromatic rings. The summed E-state index contributed by atoms with van der Waals surface area (Å²) < 4.78 is 7.13. The molecule has 0 unspecified atom stereocenters. The molecule has 1 aliphatic rings. The minimum absolute atomic E-state index is 0.0215. The third-order valence-electron chi connectivity index (χ3n) is 5.96. The molecule has 0 N–H and O–H groups in total. The van der Waals surface area contributed by atoms with Gasteiger partial charge in [-0.15, -0.1) is 0 Å². The number of benzene rings is 2. The van der Waals surface area contributed by atoms with Gasteiger partial charge in [0.1, 0.15) is 5.75 Å². The molecule has 8 heteroatoms. The highest BCUT2D eigenvalue weighted by Crippen LogP contribution is 2.27. The summed E-state index contributed by atoms with van der Waals surface area (Å²) in [5.41, 5.74) is 3.56. The minimum Gasteiger partial charge on any atom is -0.497 e. The van der Waals surface area contributed by atoms with Crippen LogP contribution in [0.5, 0.6) is 5.75 Å². The SMILES string of the molecule is COc1ccc(-c2nn(-c3ccccc3)cc2C=CC(=O)N2CCN(c3ncccn3)CC2)cc1. The molecule has 5 rings (SSSR count). The minimum atomic E-state index is -0.0215. The van der Waals surface area contributed by atoms with E-state index in [0.29, 0.717) is 32.1 Å². The Kier molecular flexibility index (Phi) is 6.52. The molecule has 1 fully saturated rings. The highest BCUT2D eigenvalue weighted by molar-refractivity contribution is 5.93. The van der Waals surface area contributed by atoms with Gasteiger partial charge in [-0.05, 0) is 48.5 Å². The van der Waals surface area contributed by atoms with Gasteiger partial charge in [0, 0.05) is 62.0 Å².